The van der Waals surface area contributed by atoms with Crippen LogP contribution in [0.5, 0.6) is 0 Å². The molecule has 86 valence electrons. The third-order valence-corrected chi connectivity index (χ3v) is 5.03. The number of rotatable bonds is 4. The van der Waals surface area contributed by atoms with Crippen molar-refractivity contribution in [1.29, 1.82) is 0 Å². The summed E-state index contributed by atoms with van der Waals surface area (Å²) in [5.74, 6) is 1.66. The molecule has 2 aliphatic carbocycles. The van der Waals surface area contributed by atoms with E-state index < -0.39 is 0 Å². The molecule has 2 aliphatic rings. The second kappa shape index (κ2) is 3.93. The van der Waals surface area contributed by atoms with Crippen molar-refractivity contribution >= 4 is 0 Å². The molecular weight excluding hydrogens is 184 g/mol. The maximum atomic E-state index is 9.66. The van der Waals surface area contributed by atoms with Crippen LogP contribution in [0.25, 0.3) is 0 Å². The van der Waals surface area contributed by atoms with Crippen LogP contribution < -0.4 is 0 Å². The quantitative estimate of drug-likeness (QED) is 0.701. The third-order valence-electron chi connectivity index (χ3n) is 5.03. The van der Waals surface area contributed by atoms with E-state index in [9.17, 15) is 5.11 Å². The Bertz CT molecular complexity index is 258. The van der Waals surface area contributed by atoms with Gasteiger partial charge in [-0.05, 0) is 55.8 Å². The van der Waals surface area contributed by atoms with E-state index in [1.54, 1.807) is 0 Å². The molecule has 2 fully saturated rings. The number of hydrogen-bond acceptors (Lipinski definition) is 1. The monoisotopic (exact) mass is 208 g/mol. The highest BCUT2D eigenvalue weighted by Gasteiger charge is 2.50. The zero-order valence-electron chi connectivity index (χ0n) is 10.1. The predicted octanol–water partition coefficient (Wildman–Crippen LogP) is 3.53. The van der Waals surface area contributed by atoms with E-state index in [0.717, 1.165) is 31.1 Å². The van der Waals surface area contributed by atoms with Crippen molar-refractivity contribution < 1.29 is 5.11 Å². The third kappa shape index (κ3) is 1.75. The molecule has 0 aliphatic heterocycles. The molecule has 0 aromatic carbocycles. The minimum absolute atomic E-state index is 0.103. The zero-order chi connectivity index (χ0) is 11.1. The molecule has 1 heteroatoms. The predicted molar refractivity (Wildman–Crippen MR) is 63.6 cm³/mol. The van der Waals surface area contributed by atoms with E-state index >= 15 is 0 Å². The van der Waals surface area contributed by atoms with Crippen molar-refractivity contribution in [3.8, 4) is 0 Å². The molecule has 2 saturated carbocycles. The van der Waals surface area contributed by atoms with Gasteiger partial charge >= 0.3 is 0 Å². The lowest BCUT2D eigenvalue weighted by molar-refractivity contribution is 0.127. The fourth-order valence-corrected chi connectivity index (χ4v) is 3.64. The van der Waals surface area contributed by atoms with Gasteiger partial charge in [0.2, 0.25) is 0 Å². The molecule has 0 aromatic rings. The summed E-state index contributed by atoms with van der Waals surface area (Å²) in [5, 5.41) is 9.66. The lowest BCUT2D eigenvalue weighted by Gasteiger charge is -2.36. The van der Waals surface area contributed by atoms with Gasteiger partial charge in [0.25, 0.3) is 0 Å². The molecule has 4 atom stereocenters. The van der Waals surface area contributed by atoms with Crippen molar-refractivity contribution in [2.45, 2.75) is 58.5 Å². The fraction of sp³-hybridized carbons (Fsp3) is 0.857. The largest absolute Gasteiger partial charge is 0.393 e. The van der Waals surface area contributed by atoms with E-state index in [-0.39, 0.29) is 6.10 Å². The van der Waals surface area contributed by atoms with E-state index in [1.165, 1.54) is 24.8 Å². The van der Waals surface area contributed by atoms with Gasteiger partial charge in [-0.3, -0.25) is 0 Å². The molecule has 1 N–H and O–H groups in total. The lowest BCUT2D eigenvalue weighted by Crippen LogP contribution is -2.27. The first-order valence-corrected chi connectivity index (χ1v) is 6.45. The standard InChI is InChI=1S/C14H24O/c1-4-13(15)7-8-14(3)10(2)11-5-6-12(14)9-11/h11-13,15H,2,4-9H2,1,3H3. The van der Waals surface area contributed by atoms with Crippen LogP contribution in [0.4, 0.5) is 0 Å². The Morgan fingerprint density at radius 1 is 1.53 bits per heavy atom. The molecule has 1 nitrogen and oxygen atoms in total. The smallest absolute Gasteiger partial charge is 0.0538 e. The molecule has 0 spiro atoms. The molecular formula is C14H24O. The SMILES string of the molecule is C=C1C2CCC(C2)C1(C)CCC(O)CC. The Hall–Kier alpha value is -0.300. The van der Waals surface area contributed by atoms with Crippen molar-refractivity contribution in [1.82, 2.24) is 0 Å². The van der Waals surface area contributed by atoms with Crippen LogP contribution in [0.2, 0.25) is 0 Å². The molecule has 0 radical (unpaired) electrons. The van der Waals surface area contributed by atoms with Gasteiger partial charge < -0.3 is 5.11 Å². The Balaban J connectivity index is 1.98. The summed E-state index contributed by atoms with van der Waals surface area (Å²) in [5.41, 5.74) is 1.83. The number of aliphatic hydroxyl groups excluding tert-OH is 1. The molecule has 0 aromatic heterocycles. The van der Waals surface area contributed by atoms with Crippen LogP contribution in [0.15, 0.2) is 12.2 Å². The maximum Gasteiger partial charge on any atom is 0.0538 e. The summed E-state index contributed by atoms with van der Waals surface area (Å²) >= 11 is 0. The summed E-state index contributed by atoms with van der Waals surface area (Å²) in [6.07, 6.45) is 7.01. The van der Waals surface area contributed by atoms with Gasteiger partial charge in [0, 0.05) is 0 Å². The van der Waals surface area contributed by atoms with Crippen LogP contribution in [0.1, 0.15) is 52.4 Å². The molecule has 2 bridgehead atoms. The Morgan fingerprint density at radius 2 is 2.27 bits per heavy atom. The van der Waals surface area contributed by atoms with Crippen molar-refractivity contribution in [2.24, 2.45) is 17.3 Å². The van der Waals surface area contributed by atoms with Gasteiger partial charge in [0.1, 0.15) is 0 Å². The molecule has 0 amide bonds. The molecule has 0 saturated heterocycles. The highest BCUT2D eigenvalue weighted by Crippen LogP contribution is 2.60. The summed E-state index contributed by atoms with van der Waals surface area (Å²) in [6.45, 7) is 8.75. The summed E-state index contributed by atoms with van der Waals surface area (Å²) in [6, 6.07) is 0. The van der Waals surface area contributed by atoms with Crippen LogP contribution in [-0.2, 0) is 0 Å². The first-order chi connectivity index (χ1) is 7.08. The normalized spacial score (nSPS) is 41.1. The van der Waals surface area contributed by atoms with E-state index in [2.05, 4.69) is 20.4 Å². The van der Waals surface area contributed by atoms with E-state index in [1.807, 2.05) is 0 Å². The highest BCUT2D eigenvalue weighted by molar-refractivity contribution is 5.24. The Kier molecular flexibility index (Phi) is 2.94. The van der Waals surface area contributed by atoms with Crippen LogP contribution in [-0.4, -0.2) is 11.2 Å². The highest BCUT2D eigenvalue weighted by atomic mass is 16.3. The van der Waals surface area contributed by atoms with E-state index in [0.29, 0.717) is 5.41 Å². The fourth-order valence-electron chi connectivity index (χ4n) is 3.64. The molecule has 0 heterocycles. The van der Waals surface area contributed by atoms with Gasteiger partial charge in [-0.15, -0.1) is 0 Å². The Labute approximate surface area is 93.6 Å². The minimum Gasteiger partial charge on any atom is -0.393 e. The number of fused-ring (bicyclic) bond motifs is 2. The molecule has 15 heavy (non-hydrogen) atoms. The Morgan fingerprint density at radius 3 is 2.80 bits per heavy atom. The second-order valence-corrected chi connectivity index (χ2v) is 5.75. The van der Waals surface area contributed by atoms with Gasteiger partial charge in [-0.25, -0.2) is 0 Å². The van der Waals surface area contributed by atoms with Gasteiger partial charge in [0.05, 0.1) is 6.10 Å². The van der Waals surface area contributed by atoms with Crippen molar-refractivity contribution in [3.05, 3.63) is 12.2 Å². The lowest BCUT2D eigenvalue weighted by atomic mass is 9.69. The number of hydrogen-bond donors (Lipinski definition) is 1. The number of allylic oxidation sites excluding steroid dienone is 1. The van der Waals surface area contributed by atoms with Gasteiger partial charge in [-0.2, -0.15) is 0 Å². The van der Waals surface area contributed by atoms with Crippen LogP contribution in [0.3, 0.4) is 0 Å². The molecule has 4 unspecified atom stereocenters. The van der Waals surface area contributed by atoms with Gasteiger partial charge in [-0.1, -0.05) is 26.0 Å². The first-order valence-electron chi connectivity index (χ1n) is 6.45. The van der Waals surface area contributed by atoms with Crippen LogP contribution in [0, 0.1) is 17.3 Å². The van der Waals surface area contributed by atoms with E-state index in [4.69, 9.17) is 0 Å². The topological polar surface area (TPSA) is 20.2 Å². The summed E-state index contributed by atoms with van der Waals surface area (Å²) in [7, 11) is 0. The van der Waals surface area contributed by atoms with Crippen molar-refractivity contribution in [2.75, 3.05) is 0 Å². The van der Waals surface area contributed by atoms with Crippen LogP contribution >= 0.6 is 0 Å². The summed E-state index contributed by atoms with van der Waals surface area (Å²) in [4.78, 5) is 0. The molecule has 2 rings (SSSR count). The average molecular weight is 208 g/mol. The minimum atomic E-state index is -0.103. The average Bonchev–Trinajstić information content (AvgIpc) is 2.80. The zero-order valence-corrected chi connectivity index (χ0v) is 10.1. The second-order valence-electron chi connectivity index (χ2n) is 5.75. The maximum absolute atomic E-state index is 9.66. The first kappa shape index (κ1) is 11.2. The van der Waals surface area contributed by atoms with Crippen molar-refractivity contribution in [3.63, 3.8) is 0 Å². The van der Waals surface area contributed by atoms with Gasteiger partial charge in [0.15, 0.2) is 0 Å². The summed E-state index contributed by atoms with van der Waals surface area (Å²) < 4.78 is 0. The number of aliphatic hydroxyl groups is 1.